The number of fused-ring (bicyclic) bond motifs is 1. The second-order valence-corrected chi connectivity index (χ2v) is 5.52. The molecule has 0 aliphatic heterocycles. The van der Waals surface area contributed by atoms with Crippen molar-refractivity contribution >= 4 is 11.0 Å². The lowest BCUT2D eigenvalue weighted by Gasteiger charge is -2.24. The highest BCUT2D eigenvalue weighted by molar-refractivity contribution is 5.77. The summed E-state index contributed by atoms with van der Waals surface area (Å²) in [6.07, 6.45) is 4.01. The predicted molar refractivity (Wildman–Crippen MR) is 74.5 cm³/mol. The third-order valence-electron chi connectivity index (χ3n) is 4.42. The molecule has 1 heterocycles. The molecule has 1 N–H and O–H groups in total. The van der Waals surface area contributed by atoms with Gasteiger partial charge in [-0.15, -0.1) is 0 Å². The number of nitrogens with one attached hydrogen (secondary N) is 1. The number of furan rings is 1. The summed E-state index contributed by atoms with van der Waals surface area (Å²) in [7, 11) is 2.04. The molecule has 1 aliphatic rings. The third kappa shape index (κ3) is 1.95. The molecule has 1 aromatic carbocycles. The minimum absolute atomic E-state index is 0.356. The highest BCUT2D eigenvalue weighted by Crippen LogP contribution is 2.41. The number of rotatable bonds is 3. The second-order valence-electron chi connectivity index (χ2n) is 5.52. The monoisotopic (exact) mass is 243 g/mol. The van der Waals surface area contributed by atoms with E-state index in [4.69, 9.17) is 4.42 Å². The molecule has 2 aromatic rings. The maximum absolute atomic E-state index is 6.02. The summed E-state index contributed by atoms with van der Waals surface area (Å²) in [5.74, 6) is 2.59. The largest absolute Gasteiger partial charge is 0.459 e. The maximum Gasteiger partial charge on any atom is 0.134 e. The van der Waals surface area contributed by atoms with Gasteiger partial charge in [0, 0.05) is 5.39 Å². The van der Waals surface area contributed by atoms with Crippen molar-refractivity contribution in [2.75, 3.05) is 7.05 Å². The van der Waals surface area contributed by atoms with Crippen molar-refractivity contribution in [2.24, 2.45) is 11.8 Å². The Morgan fingerprint density at radius 1 is 1.28 bits per heavy atom. The fraction of sp³-hybridized carbons (Fsp3) is 0.500. The van der Waals surface area contributed by atoms with E-state index in [1.54, 1.807) is 0 Å². The van der Waals surface area contributed by atoms with Gasteiger partial charge < -0.3 is 9.73 Å². The summed E-state index contributed by atoms with van der Waals surface area (Å²) in [4.78, 5) is 0. The fourth-order valence-corrected chi connectivity index (χ4v) is 3.39. The number of hydrogen-bond donors (Lipinski definition) is 1. The van der Waals surface area contributed by atoms with Gasteiger partial charge in [0.15, 0.2) is 0 Å². The van der Waals surface area contributed by atoms with Gasteiger partial charge in [0.25, 0.3) is 0 Å². The quantitative estimate of drug-likeness (QED) is 0.876. The third-order valence-corrected chi connectivity index (χ3v) is 4.42. The normalized spacial score (nSPS) is 25.7. The van der Waals surface area contributed by atoms with Gasteiger partial charge in [0.05, 0.1) is 6.04 Å². The number of benzene rings is 1. The van der Waals surface area contributed by atoms with Gasteiger partial charge in [-0.1, -0.05) is 38.0 Å². The molecule has 96 valence electrons. The Morgan fingerprint density at radius 2 is 2.11 bits per heavy atom. The van der Waals surface area contributed by atoms with Gasteiger partial charge in [-0.2, -0.15) is 0 Å². The van der Waals surface area contributed by atoms with E-state index in [1.165, 1.54) is 24.6 Å². The van der Waals surface area contributed by atoms with Crippen LogP contribution < -0.4 is 5.32 Å². The molecule has 2 nitrogen and oxygen atoms in total. The molecule has 1 fully saturated rings. The van der Waals surface area contributed by atoms with Crippen LogP contribution in [0.2, 0.25) is 0 Å². The van der Waals surface area contributed by atoms with Crippen LogP contribution in [0.25, 0.3) is 11.0 Å². The molecular weight excluding hydrogens is 222 g/mol. The topological polar surface area (TPSA) is 25.2 Å². The minimum Gasteiger partial charge on any atom is -0.459 e. The second kappa shape index (κ2) is 4.77. The molecule has 0 bridgehead atoms. The van der Waals surface area contributed by atoms with Crippen LogP contribution in [0.15, 0.2) is 34.7 Å². The molecule has 0 amide bonds. The summed E-state index contributed by atoms with van der Waals surface area (Å²) in [5, 5.41) is 4.66. The lowest BCUT2D eigenvalue weighted by Crippen LogP contribution is -2.26. The molecule has 0 saturated heterocycles. The zero-order valence-corrected chi connectivity index (χ0v) is 11.1. The van der Waals surface area contributed by atoms with Crippen LogP contribution in [0.3, 0.4) is 0 Å². The van der Waals surface area contributed by atoms with Crippen LogP contribution in [-0.4, -0.2) is 7.05 Å². The van der Waals surface area contributed by atoms with Crippen LogP contribution in [-0.2, 0) is 0 Å². The van der Waals surface area contributed by atoms with Crippen molar-refractivity contribution in [2.45, 2.75) is 32.2 Å². The van der Waals surface area contributed by atoms with Crippen molar-refractivity contribution < 1.29 is 4.42 Å². The fourth-order valence-electron chi connectivity index (χ4n) is 3.39. The molecule has 0 spiro atoms. The molecular formula is C16H21NO. The molecule has 3 rings (SSSR count). The standard InChI is InChI=1S/C16H21NO/c1-11-6-5-8-13(11)16(17-2)15-10-12-7-3-4-9-14(12)18-15/h3-4,7,9-11,13,16-17H,5-6,8H2,1-2H3. The van der Waals surface area contributed by atoms with Crippen LogP contribution in [0.1, 0.15) is 38.0 Å². The maximum atomic E-state index is 6.02. The van der Waals surface area contributed by atoms with Crippen LogP contribution in [0.4, 0.5) is 0 Å². The Morgan fingerprint density at radius 3 is 2.78 bits per heavy atom. The lowest BCUT2D eigenvalue weighted by molar-refractivity contribution is 0.282. The Bertz CT molecular complexity index is 498. The van der Waals surface area contributed by atoms with E-state index in [0.717, 1.165) is 17.3 Å². The van der Waals surface area contributed by atoms with Crippen molar-refractivity contribution in [3.8, 4) is 0 Å². The Kier molecular flexibility index (Phi) is 3.13. The van der Waals surface area contributed by atoms with Gasteiger partial charge in [0.1, 0.15) is 11.3 Å². The summed E-state index contributed by atoms with van der Waals surface area (Å²) in [6.45, 7) is 2.37. The van der Waals surface area contributed by atoms with Gasteiger partial charge in [-0.05, 0) is 37.4 Å². The van der Waals surface area contributed by atoms with Gasteiger partial charge in [0.2, 0.25) is 0 Å². The average Bonchev–Trinajstić information content (AvgIpc) is 2.97. The van der Waals surface area contributed by atoms with Crippen molar-refractivity contribution in [3.05, 3.63) is 36.1 Å². The minimum atomic E-state index is 0.356. The highest BCUT2D eigenvalue weighted by atomic mass is 16.3. The Balaban J connectivity index is 1.95. The van der Waals surface area contributed by atoms with Crippen LogP contribution in [0.5, 0.6) is 0 Å². The summed E-state index contributed by atoms with van der Waals surface area (Å²) in [6, 6.07) is 10.8. The van der Waals surface area contributed by atoms with Gasteiger partial charge in [-0.3, -0.25) is 0 Å². The van der Waals surface area contributed by atoms with E-state index in [2.05, 4.69) is 30.4 Å². The van der Waals surface area contributed by atoms with Crippen LogP contribution in [0, 0.1) is 11.8 Å². The SMILES string of the molecule is CNC(c1cc2ccccc2o1)C1CCCC1C. The van der Waals surface area contributed by atoms with Crippen LogP contribution >= 0.6 is 0 Å². The first-order chi connectivity index (χ1) is 8.79. The Labute approximate surface area is 108 Å². The summed E-state index contributed by atoms with van der Waals surface area (Å²) in [5.41, 5.74) is 0.999. The molecule has 1 aliphatic carbocycles. The van der Waals surface area contributed by atoms with Crippen molar-refractivity contribution in [1.82, 2.24) is 5.32 Å². The smallest absolute Gasteiger partial charge is 0.134 e. The molecule has 3 unspecified atom stereocenters. The highest BCUT2D eigenvalue weighted by Gasteiger charge is 2.32. The first kappa shape index (κ1) is 11.8. The first-order valence-electron chi connectivity index (χ1n) is 6.95. The lowest BCUT2D eigenvalue weighted by atomic mass is 9.89. The molecule has 3 atom stereocenters. The molecule has 1 saturated carbocycles. The summed E-state index contributed by atoms with van der Waals surface area (Å²) >= 11 is 0. The first-order valence-corrected chi connectivity index (χ1v) is 6.95. The van der Waals surface area contributed by atoms with Gasteiger partial charge >= 0.3 is 0 Å². The van der Waals surface area contributed by atoms with E-state index in [9.17, 15) is 0 Å². The van der Waals surface area contributed by atoms with Crippen molar-refractivity contribution in [1.29, 1.82) is 0 Å². The molecule has 2 heteroatoms. The van der Waals surface area contributed by atoms with Gasteiger partial charge in [-0.25, -0.2) is 0 Å². The molecule has 0 radical (unpaired) electrons. The van der Waals surface area contributed by atoms with Crippen molar-refractivity contribution in [3.63, 3.8) is 0 Å². The predicted octanol–water partition coefficient (Wildman–Crippen LogP) is 4.13. The zero-order chi connectivity index (χ0) is 12.5. The average molecular weight is 243 g/mol. The van der Waals surface area contributed by atoms with E-state index in [0.29, 0.717) is 12.0 Å². The number of hydrogen-bond acceptors (Lipinski definition) is 2. The summed E-state index contributed by atoms with van der Waals surface area (Å²) < 4.78 is 6.02. The Hall–Kier alpha value is -1.28. The molecule has 1 aromatic heterocycles. The van der Waals surface area contributed by atoms with E-state index in [1.807, 2.05) is 19.2 Å². The van der Waals surface area contributed by atoms with E-state index >= 15 is 0 Å². The molecule has 18 heavy (non-hydrogen) atoms. The van der Waals surface area contributed by atoms with E-state index in [-0.39, 0.29) is 0 Å². The number of para-hydroxylation sites is 1. The van der Waals surface area contributed by atoms with E-state index < -0.39 is 0 Å². The zero-order valence-electron chi connectivity index (χ0n) is 11.1.